The summed E-state index contributed by atoms with van der Waals surface area (Å²) in [7, 11) is -3.68. The first-order valence-electron chi connectivity index (χ1n) is 8.25. The number of anilines is 1. The second-order valence-electron chi connectivity index (χ2n) is 5.45. The summed E-state index contributed by atoms with van der Waals surface area (Å²) in [6.45, 7) is 2.51. The summed E-state index contributed by atoms with van der Waals surface area (Å²) in [5.41, 5.74) is 6.42. The van der Waals surface area contributed by atoms with Gasteiger partial charge in [0, 0.05) is 25.4 Å². The van der Waals surface area contributed by atoms with E-state index in [2.05, 4.69) is 10.0 Å². The molecule has 27 heavy (non-hydrogen) atoms. The van der Waals surface area contributed by atoms with Crippen LogP contribution >= 0.6 is 12.4 Å². The monoisotopic (exact) mass is 413 g/mol. The van der Waals surface area contributed by atoms with Gasteiger partial charge in [-0.05, 0) is 30.7 Å². The van der Waals surface area contributed by atoms with E-state index in [0.29, 0.717) is 12.3 Å². The van der Waals surface area contributed by atoms with Crippen LogP contribution in [0.1, 0.15) is 18.6 Å². The van der Waals surface area contributed by atoms with E-state index >= 15 is 0 Å². The fourth-order valence-electron chi connectivity index (χ4n) is 2.34. The topological polar surface area (TPSA) is 111 Å². The molecule has 0 spiro atoms. The molecule has 0 heterocycles. The van der Waals surface area contributed by atoms with Gasteiger partial charge in [-0.2, -0.15) is 0 Å². The van der Waals surface area contributed by atoms with Gasteiger partial charge in [0.1, 0.15) is 0 Å². The molecule has 1 amide bonds. The second kappa shape index (κ2) is 11.0. The summed E-state index contributed by atoms with van der Waals surface area (Å²) in [5, 5.41) is 2.71. The molecule has 4 N–H and O–H groups in total. The zero-order valence-electron chi connectivity index (χ0n) is 14.9. The SMILES string of the molecule is CCOC(C(=O)Nc1cccc(S(=O)(=O)NCCN)c1)c1ccccc1.Cl. The Kier molecular flexibility index (Phi) is 9.40. The number of amides is 1. The fourth-order valence-corrected chi connectivity index (χ4v) is 3.44. The summed E-state index contributed by atoms with van der Waals surface area (Å²) >= 11 is 0. The minimum absolute atomic E-state index is 0. The van der Waals surface area contributed by atoms with Crippen LogP contribution in [0.4, 0.5) is 5.69 Å². The lowest BCUT2D eigenvalue weighted by molar-refractivity contribution is -0.127. The zero-order valence-corrected chi connectivity index (χ0v) is 16.6. The Bertz CT molecular complexity index is 832. The van der Waals surface area contributed by atoms with Crippen LogP contribution < -0.4 is 15.8 Å². The molecule has 2 rings (SSSR count). The standard InChI is InChI=1S/C18H23N3O4S.ClH/c1-2-25-17(14-7-4-3-5-8-14)18(22)21-15-9-6-10-16(13-15)26(23,24)20-12-11-19;/h3-10,13,17,20H,2,11-12,19H2,1H3,(H,21,22);1H. The molecule has 9 heteroatoms. The maximum atomic E-state index is 12.6. The number of sulfonamides is 1. The van der Waals surface area contributed by atoms with Gasteiger partial charge in [0.15, 0.2) is 6.10 Å². The summed E-state index contributed by atoms with van der Waals surface area (Å²) < 4.78 is 32.3. The normalized spacial score (nSPS) is 12.1. The van der Waals surface area contributed by atoms with E-state index in [0.717, 1.165) is 5.56 Å². The van der Waals surface area contributed by atoms with Crippen molar-refractivity contribution in [2.75, 3.05) is 25.0 Å². The molecule has 0 fully saturated rings. The number of nitrogens with one attached hydrogen (secondary N) is 2. The number of rotatable bonds is 9. The van der Waals surface area contributed by atoms with Crippen molar-refractivity contribution >= 4 is 34.0 Å². The van der Waals surface area contributed by atoms with Crippen LogP contribution in [0.15, 0.2) is 59.5 Å². The van der Waals surface area contributed by atoms with Gasteiger partial charge in [-0.1, -0.05) is 36.4 Å². The van der Waals surface area contributed by atoms with Crippen LogP contribution in [0.25, 0.3) is 0 Å². The highest BCUT2D eigenvalue weighted by molar-refractivity contribution is 7.89. The molecule has 0 aromatic heterocycles. The first kappa shape index (κ1) is 23.1. The van der Waals surface area contributed by atoms with E-state index in [1.807, 2.05) is 18.2 Å². The van der Waals surface area contributed by atoms with Crippen molar-refractivity contribution in [3.63, 3.8) is 0 Å². The Labute approximate surface area is 165 Å². The van der Waals surface area contributed by atoms with Crippen LogP contribution in [0, 0.1) is 0 Å². The Morgan fingerprint density at radius 1 is 1.15 bits per heavy atom. The summed E-state index contributed by atoms with van der Waals surface area (Å²) in [4.78, 5) is 12.7. The van der Waals surface area contributed by atoms with Crippen molar-refractivity contribution in [2.24, 2.45) is 5.73 Å². The van der Waals surface area contributed by atoms with Crippen molar-refractivity contribution < 1.29 is 17.9 Å². The van der Waals surface area contributed by atoms with Crippen molar-refractivity contribution in [2.45, 2.75) is 17.9 Å². The number of halogens is 1. The molecule has 2 aromatic rings. The maximum Gasteiger partial charge on any atom is 0.258 e. The molecule has 2 aromatic carbocycles. The van der Waals surface area contributed by atoms with E-state index in [1.54, 1.807) is 31.2 Å². The lowest BCUT2D eigenvalue weighted by Gasteiger charge is -2.17. The predicted molar refractivity (Wildman–Crippen MR) is 107 cm³/mol. The van der Waals surface area contributed by atoms with Crippen molar-refractivity contribution in [1.29, 1.82) is 0 Å². The molecular formula is C18H24ClN3O4S. The van der Waals surface area contributed by atoms with Gasteiger partial charge in [-0.25, -0.2) is 13.1 Å². The van der Waals surface area contributed by atoms with E-state index < -0.39 is 16.1 Å². The Morgan fingerprint density at radius 2 is 1.85 bits per heavy atom. The molecule has 0 aliphatic heterocycles. The van der Waals surface area contributed by atoms with Crippen LogP contribution in [0.5, 0.6) is 0 Å². The molecule has 148 valence electrons. The smallest absolute Gasteiger partial charge is 0.258 e. The van der Waals surface area contributed by atoms with Gasteiger partial charge < -0.3 is 15.8 Å². The first-order chi connectivity index (χ1) is 12.5. The second-order valence-corrected chi connectivity index (χ2v) is 7.22. The Balaban J connectivity index is 0.00000364. The number of hydrogen-bond donors (Lipinski definition) is 3. The number of hydrogen-bond acceptors (Lipinski definition) is 5. The number of benzene rings is 2. The van der Waals surface area contributed by atoms with Gasteiger partial charge in [0.25, 0.3) is 5.91 Å². The van der Waals surface area contributed by atoms with Gasteiger partial charge in [-0.3, -0.25) is 4.79 Å². The predicted octanol–water partition coefficient (Wildman–Crippen LogP) is 2.06. The average molecular weight is 414 g/mol. The van der Waals surface area contributed by atoms with Crippen molar-refractivity contribution in [3.05, 3.63) is 60.2 Å². The first-order valence-corrected chi connectivity index (χ1v) is 9.73. The molecule has 1 unspecified atom stereocenters. The molecule has 7 nitrogen and oxygen atoms in total. The molecule has 0 aliphatic rings. The summed E-state index contributed by atoms with van der Waals surface area (Å²) in [6, 6.07) is 15.1. The molecule has 0 saturated carbocycles. The number of nitrogens with two attached hydrogens (primary N) is 1. The molecule has 1 atom stereocenters. The maximum absolute atomic E-state index is 12.6. The molecule has 0 aliphatic carbocycles. The van der Waals surface area contributed by atoms with Gasteiger partial charge in [0.05, 0.1) is 4.90 Å². The summed E-state index contributed by atoms with van der Waals surface area (Å²) in [5.74, 6) is -0.373. The van der Waals surface area contributed by atoms with Crippen LogP contribution in [-0.4, -0.2) is 34.0 Å². The minimum Gasteiger partial charge on any atom is -0.364 e. The summed E-state index contributed by atoms with van der Waals surface area (Å²) in [6.07, 6.45) is -0.781. The van der Waals surface area contributed by atoms with E-state index in [-0.39, 0.29) is 36.3 Å². The molecular weight excluding hydrogens is 390 g/mol. The van der Waals surface area contributed by atoms with Crippen LogP contribution in [0.2, 0.25) is 0 Å². The third-order valence-electron chi connectivity index (χ3n) is 3.52. The highest BCUT2D eigenvalue weighted by atomic mass is 35.5. The quantitative estimate of drug-likeness (QED) is 0.582. The van der Waals surface area contributed by atoms with Crippen LogP contribution in [-0.2, 0) is 19.6 Å². The van der Waals surface area contributed by atoms with E-state index in [4.69, 9.17) is 10.5 Å². The van der Waals surface area contributed by atoms with Crippen molar-refractivity contribution in [1.82, 2.24) is 4.72 Å². The van der Waals surface area contributed by atoms with E-state index in [1.165, 1.54) is 12.1 Å². The van der Waals surface area contributed by atoms with Crippen LogP contribution in [0.3, 0.4) is 0 Å². The Hall–Kier alpha value is -1.97. The van der Waals surface area contributed by atoms with Gasteiger partial charge in [0.2, 0.25) is 10.0 Å². The lowest BCUT2D eigenvalue weighted by Crippen LogP contribution is -2.29. The number of carbonyl (C=O) groups excluding carboxylic acids is 1. The molecule has 0 saturated heterocycles. The average Bonchev–Trinajstić information content (AvgIpc) is 2.65. The lowest BCUT2D eigenvalue weighted by atomic mass is 10.1. The third kappa shape index (κ3) is 6.60. The van der Waals surface area contributed by atoms with Gasteiger partial charge >= 0.3 is 0 Å². The Morgan fingerprint density at radius 3 is 2.48 bits per heavy atom. The largest absolute Gasteiger partial charge is 0.364 e. The van der Waals surface area contributed by atoms with Gasteiger partial charge in [-0.15, -0.1) is 12.4 Å². The molecule has 0 bridgehead atoms. The number of ether oxygens (including phenoxy) is 1. The minimum atomic E-state index is -3.68. The van der Waals surface area contributed by atoms with Crippen molar-refractivity contribution in [3.8, 4) is 0 Å². The zero-order chi connectivity index (χ0) is 19.0. The fraction of sp³-hybridized carbons (Fsp3) is 0.278. The van der Waals surface area contributed by atoms with E-state index in [9.17, 15) is 13.2 Å². The number of carbonyl (C=O) groups is 1. The third-order valence-corrected chi connectivity index (χ3v) is 4.98. The molecule has 0 radical (unpaired) electrons. The highest BCUT2D eigenvalue weighted by Crippen LogP contribution is 2.21. The highest BCUT2D eigenvalue weighted by Gasteiger charge is 2.21.